The summed E-state index contributed by atoms with van der Waals surface area (Å²) in [6, 6.07) is 11.1. The fourth-order valence-electron chi connectivity index (χ4n) is 2.00. The van der Waals surface area contributed by atoms with E-state index in [4.69, 9.17) is 21.4 Å². The molecule has 0 radical (unpaired) electrons. The molecular formula is C17H11ClFNO3S. The van der Waals surface area contributed by atoms with Crippen LogP contribution in [0.15, 0.2) is 47.8 Å². The molecule has 0 bridgehead atoms. The molecule has 0 amide bonds. The molecule has 0 unspecified atom stereocenters. The quantitative estimate of drug-likeness (QED) is 0.701. The molecular weight excluding hydrogens is 353 g/mol. The van der Waals surface area contributed by atoms with Gasteiger partial charge in [0.2, 0.25) is 0 Å². The predicted octanol–water partition coefficient (Wildman–Crippen LogP) is 4.88. The van der Waals surface area contributed by atoms with Crippen molar-refractivity contribution in [3.8, 4) is 16.3 Å². The summed E-state index contributed by atoms with van der Waals surface area (Å²) in [5, 5.41) is 11.3. The zero-order chi connectivity index (χ0) is 17.1. The highest BCUT2D eigenvalue weighted by molar-refractivity contribution is 7.13. The maximum absolute atomic E-state index is 12.9. The van der Waals surface area contributed by atoms with Gasteiger partial charge in [-0.3, -0.25) is 0 Å². The summed E-state index contributed by atoms with van der Waals surface area (Å²) < 4.78 is 18.5. The summed E-state index contributed by atoms with van der Waals surface area (Å²) in [5.74, 6) is -0.814. The number of rotatable bonds is 5. The van der Waals surface area contributed by atoms with E-state index in [-0.39, 0.29) is 18.1 Å². The third kappa shape index (κ3) is 3.72. The summed E-state index contributed by atoms with van der Waals surface area (Å²) in [4.78, 5) is 14.9. The van der Waals surface area contributed by atoms with Gasteiger partial charge in [0.25, 0.3) is 0 Å². The van der Waals surface area contributed by atoms with Crippen LogP contribution in [-0.4, -0.2) is 16.1 Å². The van der Waals surface area contributed by atoms with Gasteiger partial charge in [-0.25, -0.2) is 14.2 Å². The van der Waals surface area contributed by atoms with E-state index < -0.39 is 5.97 Å². The highest BCUT2D eigenvalue weighted by Crippen LogP contribution is 2.33. The lowest BCUT2D eigenvalue weighted by atomic mass is 10.2. The number of carbonyl (C=O) groups is 1. The fourth-order valence-corrected chi connectivity index (χ4v) is 3.15. The number of carboxylic acids is 1. The van der Waals surface area contributed by atoms with E-state index in [9.17, 15) is 9.18 Å². The molecule has 24 heavy (non-hydrogen) atoms. The second-order valence-electron chi connectivity index (χ2n) is 4.90. The Bertz CT molecular complexity index is 880. The Morgan fingerprint density at radius 1 is 1.25 bits per heavy atom. The number of thiazole rings is 1. The molecule has 0 spiro atoms. The SMILES string of the molecule is O=C(O)c1csc(-c2ccc(OCc3ccc(F)cc3)cc2Cl)n1. The summed E-state index contributed by atoms with van der Waals surface area (Å²) in [6.07, 6.45) is 0. The van der Waals surface area contributed by atoms with Gasteiger partial charge in [-0.15, -0.1) is 11.3 Å². The highest BCUT2D eigenvalue weighted by Gasteiger charge is 2.13. The van der Waals surface area contributed by atoms with Crippen molar-refractivity contribution in [3.63, 3.8) is 0 Å². The largest absolute Gasteiger partial charge is 0.489 e. The molecule has 122 valence electrons. The number of aromatic carboxylic acids is 1. The lowest BCUT2D eigenvalue weighted by molar-refractivity contribution is 0.0691. The topological polar surface area (TPSA) is 59.4 Å². The zero-order valence-electron chi connectivity index (χ0n) is 12.2. The van der Waals surface area contributed by atoms with Crippen LogP contribution in [0.2, 0.25) is 5.02 Å². The normalized spacial score (nSPS) is 10.6. The van der Waals surface area contributed by atoms with Crippen molar-refractivity contribution in [3.05, 3.63) is 69.9 Å². The molecule has 4 nitrogen and oxygen atoms in total. The van der Waals surface area contributed by atoms with Gasteiger partial charge in [-0.05, 0) is 35.9 Å². The Kier molecular flexibility index (Phi) is 4.78. The van der Waals surface area contributed by atoms with Crippen LogP contribution in [0.1, 0.15) is 16.1 Å². The van der Waals surface area contributed by atoms with Crippen molar-refractivity contribution in [1.29, 1.82) is 0 Å². The van der Waals surface area contributed by atoms with Crippen LogP contribution in [-0.2, 0) is 6.61 Å². The molecule has 1 heterocycles. The van der Waals surface area contributed by atoms with Gasteiger partial charge < -0.3 is 9.84 Å². The summed E-state index contributed by atoms with van der Waals surface area (Å²) >= 11 is 7.45. The maximum atomic E-state index is 12.9. The first-order valence-electron chi connectivity index (χ1n) is 6.89. The van der Waals surface area contributed by atoms with Gasteiger partial charge in [0.05, 0.1) is 5.02 Å². The Morgan fingerprint density at radius 2 is 2.00 bits per heavy atom. The van der Waals surface area contributed by atoms with Crippen LogP contribution in [0.25, 0.3) is 10.6 Å². The molecule has 0 saturated carbocycles. The lowest BCUT2D eigenvalue weighted by Crippen LogP contribution is -1.96. The molecule has 0 aliphatic heterocycles. The third-order valence-corrected chi connectivity index (χ3v) is 4.40. The molecule has 7 heteroatoms. The average Bonchev–Trinajstić information content (AvgIpc) is 3.04. The molecule has 1 aromatic heterocycles. The van der Waals surface area contributed by atoms with Crippen LogP contribution in [0.5, 0.6) is 5.75 Å². The minimum Gasteiger partial charge on any atom is -0.489 e. The van der Waals surface area contributed by atoms with Crippen LogP contribution in [0, 0.1) is 5.82 Å². The Balaban J connectivity index is 1.74. The maximum Gasteiger partial charge on any atom is 0.355 e. The van der Waals surface area contributed by atoms with Gasteiger partial charge in [-0.1, -0.05) is 23.7 Å². The Labute approximate surface area is 146 Å². The number of hydrogen-bond donors (Lipinski definition) is 1. The molecule has 0 atom stereocenters. The monoisotopic (exact) mass is 363 g/mol. The smallest absolute Gasteiger partial charge is 0.355 e. The van der Waals surface area contributed by atoms with E-state index in [2.05, 4.69) is 4.98 Å². The van der Waals surface area contributed by atoms with E-state index in [1.165, 1.54) is 28.8 Å². The molecule has 2 aromatic carbocycles. The lowest BCUT2D eigenvalue weighted by Gasteiger charge is -2.08. The first-order valence-corrected chi connectivity index (χ1v) is 8.14. The molecule has 3 rings (SSSR count). The van der Waals surface area contributed by atoms with Crippen molar-refractivity contribution in [2.75, 3.05) is 0 Å². The first-order chi connectivity index (χ1) is 11.5. The van der Waals surface area contributed by atoms with Crippen LogP contribution >= 0.6 is 22.9 Å². The second kappa shape index (κ2) is 6.98. The van der Waals surface area contributed by atoms with Crippen molar-refractivity contribution in [1.82, 2.24) is 4.98 Å². The Morgan fingerprint density at radius 3 is 2.62 bits per heavy atom. The van der Waals surface area contributed by atoms with Crippen molar-refractivity contribution in [2.24, 2.45) is 0 Å². The van der Waals surface area contributed by atoms with E-state index in [0.717, 1.165) is 5.56 Å². The number of benzene rings is 2. The number of carboxylic acid groups (broad SMARTS) is 1. The third-order valence-electron chi connectivity index (χ3n) is 3.21. The van der Waals surface area contributed by atoms with Gasteiger partial charge >= 0.3 is 5.97 Å². The fraction of sp³-hybridized carbons (Fsp3) is 0.0588. The average molecular weight is 364 g/mol. The van der Waals surface area contributed by atoms with Crippen molar-refractivity contribution in [2.45, 2.75) is 6.61 Å². The van der Waals surface area contributed by atoms with Gasteiger partial charge in [0.1, 0.15) is 23.2 Å². The minimum absolute atomic E-state index is 0.0114. The number of nitrogens with zero attached hydrogens (tertiary/aromatic N) is 1. The summed E-state index contributed by atoms with van der Waals surface area (Å²) in [6.45, 7) is 0.288. The van der Waals surface area contributed by atoms with Crippen molar-refractivity contribution >= 4 is 28.9 Å². The molecule has 3 aromatic rings. The molecule has 0 saturated heterocycles. The minimum atomic E-state index is -1.08. The standard InChI is InChI=1S/C17H11ClFNO3S/c18-14-7-12(23-8-10-1-3-11(19)4-2-10)5-6-13(14)16-20-15(9-24-16)17(21)22/h1-7,9H,8H2,(H,21,22). The second-order valence-corrected chi connectivity index (χ2v) is 6.17. The molecule has 0 aliphatic rings. The number of hydrogen-bond acceptors (Lipinski definition) is 4. The summed E-state index contributed by atoms with van der Waals surface area (Å²) in [7, 11) is 0. The van der Waals surface area contributed by atoms with Crippen LogP contribution in [0.3, 0.4) is 0 Å². The van der Waals surface area contributed by atoms with E-state index in [1.807, 2.05) is 0 Å². The molecule has 0 aliphatic carbocycles. The van der Waals surface area contributed by atoms with Crippen LogP contribution in [0.4, 0.5) is 4.39 Å². The predicted molar refractivity (Wildman–Crippen MR) is 90.3 cm³/mol. The molecule has 1 N–H and O–H groups in total. The van der Waals surface area contributed by atoms with Crippen LogP contribution < -0.4 is 4.74 Å². The number of aromatic nitrogens is 1. The first kappa shape index (κ1) is 16.4. The van der Waals surface area contributed by atoms with E-state index in [1.54, 1.807) is 30.3 Å². The molecule has 0 fully saturated rings. The van der Waals surface area contributed by atoms with Gasteiger partial charge in [0, 0.05) is 10.9 Å². The van der Waals surface area contributed by atoms with Crippen molar-refractivity contribution < 1.29 is 19.0 Å². The highest BCUT2D eigenvalue weighted by atomic mass is 35.5. The number of halogens is 2. The number of ether oxygens (including phenoxy) is 1. The van der Waals surface area contributed by atoms with E-state index >= 15 is 0 Å². The zero-order valence-corrected chi connectivity index (χ0v) is 13.8. The van der Waals surface area contributed by atoms with E-state index in [0.29, 0.717) is 21.3 Å². The van der Waals surface area contributed by atoms with Gasteiger partial charge in [-0.2, -0.15) is 0 Å². The van der Waals surface area contributed by atoms with Gasteiger partial charge in [0.15, 0.2) is 5.69 Å². The summed E-state index contributed by atoms with van der Waals surface area (Å²) in [5.41, 5.74) is 1.47. The Hall–Kier alpha value is -2.44.